The van der Waals surface area contributed by atoms with E-state index in [4.69, 9.17) is 10.5 Å². The van der Waals surface area contributed by atoms with Crippen molar-refractivity contribution in [2.45, 2.75) is 52.4 Å². The lowest BCUT2D eigenvalue weighted by Crippen LogP contribution is -2.58. The van der Waals surface area contributed by atoms with Gasteiger partial charge in [0.15, 0.2) is 0 Å². The van der Waals surface area contributed by atoms with Crippen molar-refractivity contribution in [2.75, 3.05) is 31.8 Å². The Kier molecular flexibility index (Phi) is 14.3. The number of rotatable bonds is 12. The van der Waals surface area contributed by atoms with Crippen LogP contribution in [0, 0.1) is 11.8 Å². The van der Waals surface area contributed by atoms with Crippen LogP contribution in [0.1, 0.15) is 33.3 Å². The van der Waals surface area contributed by atoms with Gasteiger partial charge in [0.2, 0.25) is 11.8 Å². The molecule has 3 atom stereocenters. The summed E-state index contributed by atoms with van der Waals surface area (Å²) in [5, 5.41) is 5.55. The van der Waals surface area contributed by atoms with E-state index in [2.05, 4.69) is 10.6 Å². The number of esters is 1. The van der Waals surface area contributed by atoms with Gasteiger partial charge in [-0.05, 0) is 31.7 Å². The van der Waals surface area contributed by atoms with Crippen molar-refractivity contribution in [3.63, 3.8) is 0 Å². The van der Waals surface area contributed by atoms with Crippen LogP contribution in [0.5, 0.6) is 0 Å². The minimum atomic E-state index is -1.32. The molecule has 1 aromatic carbocycles. The molecule has 0 aromatic heterocycles. The average molecular weight is 586 g/mol. The molecule has 2 rings (SSSR count). The van der Waals surface area contributed by atoms with Gasteiger partial charge in [-0.25, -0.2) is 9.59 Å². The monoisotopic (exact) mass is 585 g/mol. The summed E-state index contributed by atoms with van der Waals surface area (Å²) in [4.78, 5) is 67.6. The number of ether oxygens (including phenoxy) is 1. The van der Waals surface area contributed by atoms with Gasteiger partial charge in [0.1, 0.15) is 18.1 Å². The molecule has 0 bridgehead atoms. The topological polar surface area (TPSA) is 151 Å². The second-order valence-corrected chi connectivity index (χ2v) is 10.8. The standard InChI is InChI=1S/C26H39N5O6S.ClH/c1-16(2)21(29-26(36)30(5)12-11-27)24(34)31-15-38-14-20(31)28-23(33)19(13-18-9-7-6-8-10-18)22(32)25(35)37-17(3)4;/h6-10,16-17,19-21H,11-15,27H2,1-5H3,(H,28,33)(H,29,36);1H/t19-,20+,21-;/m0./s1. The first-order valence-electron chi connectivity index (χ1n) is 12.6. The molecule has 1 aliphatic rings. The van der Waals surface area contributed by atoms with E-state index in [0.29, 0.717) is 23.7 Å². The van der Waals surface area contributed by atoms with E-state index in [1.165, 1.54) is 21.6 Å². The molecule has 0 aliphatic carbocycles. The number of benzene rings is 1. The van der Waals surface area contributed by atoms with Gasteiger partial charge in [0.25, 0.3) is 5.78 Å². The van der Waals surface area contributed by atoms with Crippen LogP contribution in [0.2, 0.25) is 0 Å². The predicted molar refractivity (Wildman–Crippen MR) is 152 cm³/mol. The van der Waals surface area contributed by atoms with Crippen LogP contribution in [-0.4, -0.2) is 89.5 Å². The zero-order valence-electron chi connectivity index (χ0n) is 23.0. The SMILES string of the molecule is CC(C)OC(=O)C(=O)[C@H](Cc1ccccc1)C(=O)N[C@H]1CSCN1C(=O)[C@@H](NC(=O)N(C)CCN)C(C)C.Cl. The Balaban J connectivity index is 0.00000760. The van der Waals surface area contributed by atoms with Gasteiger partial charge < -0.3 is 30.9 Å². The van der Waals surface area contributed by atoms with Gasteiger partial charge in [-0.3, -0.25) is 14.4 Å². The number of halogens is 1. The molecule has 4 amide bonds. The van der Waals surface area contributed by atoms with E-state index in [-0.39, 0.29) is 37.2 Å². The number of nitrogens with one attached hydrogen (secondary N) is 2. The lowest BCUT2D eigenvalue weighted by atomic mass is 9.94. The smallest absolute Gasteiger partial charge is 0.375 e. The van der Waals surface area contributed by atoms with Gasteiger partial charge in [-0.2, -0.15) is 0 Å². The van der Waals surface area contributed by atoms with Gasteiger partial charge in [0.05, 0.1) is 12.0 Å². The second kappa shape index (κ2) is 16.3. The third-order valence-electron chi connectivity index (χ3n) is 5.96. The Hall–Kier alpha value is -2.83. The normalized spacial score (nSPS) is 16.2. The molecule has 1 aliphatic heterocycles. The van der Waals surface area contributed by atoms with Crippen LogP contribution >= 0.6 is 24.2 Å². The molecule has 4 N–H and O–H groups in total. The molecule has 1 saturated heterocycles. The molecule has 218 valence electrons. The Morgan fingerprint density at radius 3 is 2.33 bits per heavy atom. The lowest BCUT2D eigenvalue weighted by Gasteiger charge is -2.32. The third-order valence-corrected chi connectivity index (χ3v) is 6.97. The maximum atomic E-state index is 13.5. The molecule has 39 heavy (non-hydrogen) atoms. The highest BCUT2D eigenvalue weighted by Gasteiger charge is 2.40. The van der Waals surface area contributed by atoms with E-state index < -0.39 is 47.9 Å². The van der Waals surface area contributed by atoms with Gasteiger partial charge in [-0.1, -0.05) is 44.2 Å². The first-order chi connectivity index (χ1) is 18.0. The number of thioether (sulfide) groups is 1. The van der Waals surface area contributed by atoms with Gasteiger partial charge in [0, 0.05) is 25.9 Å². The quantitative estimate of drug-likeness (QED) is 0.189. The Morgan fingerprint density at radius 2 is 1.77 bits per heavy atom. The molecule has 1 heterocycles. The number of ketones is 1. The first kappa shape index (κ1) is 34.2. The minimum Gasteiger partial charge on any atom is -0.457 e. The fraction of sp³-hybridized carbons (Fsp3) is 0.577. The number of nitrogens with zero attached hydrogens (tertiary/aromatic N) is 2. The highest BCUT2D eigenvalue weighted by Crippen LogP contribution is 2.23. The summed E-state index contributed by atoms with van der Waals surface area (Å²) in [6, 6.07) is 7.64. The lowest BCUT2D eigenvalue weighted by molar-refractivity contribution is -0.160. The number of hydrogen-bond acceptors (Lipinski definition) is 8. The van der Waals surface area contributed by atoms with Crippen LogP contribution in [0.3, 0.4) is 0 Å². The van der Waals surface area contributed by atoms with Crippen molar-refractivity contribution in [2.24, 2.45) is 17.6 Å². The maximum absolute atomic E-state index is 13.5. The number of Topliss-reactive ketones (excluding diaryl/α,β-unsaturated/α-hetero) is 1. The van der Waals surface area contributed by atoms with Crippen molar-refractivity contribution in [3.8, 4) is 0 Å². The van der Waals surface area contributed by atoms with Crippen LogP contribution in [0.15, 0.2) is 30.3 Å². The summed E-state index contributed by atoms with van der Waals surface area (Å²) >= 11 is 1.44. The molecule has 0 radical (unpaired) electrons. The number of amides is 4. The number of urea groups is 1. The second-order valence-electron chi connectivity index (χ2n) is 9.77. The largest absolute Gasteiger partial charge is 0.457 e. The fourth-order valence-electron chi connectivity index (χ4n) is 3.84. The maximum Gasteiger partial charge on any atom is 0.375 e. The van der Waals surface area contributed by atoms with Crippen molar-refractivity contribution in [3.05, 3.63) is 35.9 Å². The molecule has 1 aromatic rings. The predicted octanol–water partition coefficient (Wildman–Crippen LogP) is 1.39. The van der Waals surface area contributed by atoms with Crippen molar-refractivity contribution < 1.29 is 28.7 Å². The van der Waals surface area contributed by atoms with Gasteiger partial charge in [-0.15, -0.1) is 24.2 Å². The molecule has 0 unspecified atom stereocenters. The summed E-state index contributed by atoms with van der Waals surface area (Å²) in [7, 11) is 1.59. The minimum absolute atomic E-state index is 0. The Morgan fingerprint density at radius 1 is 1.13 bits per heavy atom. The molecule has 0 spiro atoms. The molecular weight excluding hydrogens is 546 g/mol. The molecular formula is C26H40ClN5O6S. The van der Waals surface area contributed by atoms with E-state index in [1.807, 2.05) is 19.9 Å². The van der Waals surface area contributed by atoms with Crippen molar-refractivity contribution in [1.29, 1.82) is 0 Å². The third kappa shape index (κ3) is 10.0. The van der Waals surface area contributed by atoms with Gasteiger partial charge >= 0.3 is 12.0 Å². The van der Waals surface area contributed by atoms with E-state index in [0.717, 1.165) is 0 Å². The van der Waals surface area contributed by atoms with E-state index in [1.54, 1.807) is 45.2 Å². The highest BCUT2D eigenvalue weighted by atomic mass is 35.5. The highest BCUT2D eigenvalue weighted by molar-refractivity contribution is 7.99. The number of carbonyl (C=O) groups excluding carboxylic acids is 5. The van der Waals surface area contributed by atoms with Crippen LogP contribution in [0.25, 0.3) is 0 Å². The summed E-state index contributed by atoms with van der Waals surface area (Å²) in [5.74, 6) is -3.89. The Labute approximate surface area is 240 Å². The van der Waals surface area contributed by atoms with Crippen molar-refractivity contribution >= 4 is 53.8 Å². The number of likely N-dealkylation sites (N-methyl/N-ethyl adjacent to an activating group) is 1. The summed E-state index contributed by atoms with van der Waals surface area (Å²) in [6.45, 7) is 7.49. The first-order valence-corrected chi connectivity index (χ1v) is 13.8. The molecule has 11 nitrogen and oxygen atoms in total. The number of carbonyl (C=O) groups is 5. The van der Waals surface area contributed by atoms with E-state index in [9.17, 15) is 24.0 Å². The number of nitrogens with two attached hydrogens (primary N) is 1. The zero-order valence-corrected chi connectivity index (χ0v) is 24.7. The van der Waals surface area contributed by atoms with Crippen LogP contribution in [0.4, 0.5) is 4.79 Å². The summed E-state index contributed by atoms with van der Waals surface area (Å²) in [5.41, 5.74) is 6.23. The summed E-state index contributed by atoms with van der Waals surface area (Å²) in [6.07, 6.45) is -1.23. The van der Waals surface area contributed by atoms with Crippen molar-refractivity contribution in [1.82, 2.24) is 20.4 Å². The van der Waals surface area contributed by atoms with Crippen LogP contribution in [-0.2, 0) is 30.3 Å². The molecule has 0 saturated carbocycles. The Bertz CT molecular complexity index is 996. The van der Waals surface area contributed by atoms with Crippen LogP contribution < -0.4 is 16.4 Å². The van der Waals surface area contributed by atoms with E-state index >= 15 is 0 Å². The zero-order chi connectivity index (χ0) is 28.4. The molecule has 13 heteroatoms. The fourth-order valence-corrected chi connectivity index (χ4v) is 4.94. The average Bonchev–Trinajstić information content (AvgIpc) is 3.32. The summed E-state index contributed by atoms with van der Waals surface area (Å²) < 4.78 is 5.05. The molecule has 1 fully saturated rings. The number of hydrogen-bond donors (Lipinski definition) is 3.